The van der Waals surface area contributed by atoms with Crippen LogP contribution in [0.1, 0.15) is 76.9 Å². The van der Waals surface area contributed by atoms with Crippen molar-refractivity contribution < 1.29 is 0 Å². The van der Waals surface area contributed by atoms with Crippen molar-refractivity contribution in [1.29, 1.82) is 0 Å². The Morgan fingerprint density at radius 3 is 2.43 bits per heavy atom. The predicted molar refractivity (Wildman–Crippen MR) is 124 cm³/mol. The zero-order valence-corrected chi connectivity index (χ0v) is 19.5. The largest absolute Gasteiger partial charge is 0.356 e. The maximum Gasteiger partial charge on any atom is 0.191 e. The molecular weight excluding hydrogens is 374 g/mol. The third-order valence-corrected chi connectivity index (χ3v) is 6.64. The summed E-state index contributed by atoms with van der Waals surface area (Å²) in [5.41, 5.74) is 0. The number of hydrogen-bond acceptors (Lipinski definition) is 4. The number of rotatable bonds is 8. The fourth-order valence-electron chi connectivity index (χ4n) is 4.82. The number of guanidine groups is 1. The number of aromatic nitrogens is 3. The molecule has 3 rings (SSSR count). The van der Waals surface area contributed by atoms with Crippen LogP contribution in [0.2, 0.25) is 0 Å². The van der Waals surface area contributed by atoms with E-state index in [0.717, 1.165) is 50.7 Å². The van der Waals surface area contributed by atoms with Gasteiger partial charge in [-0.15, -0.1) is 10.2 Å². The lowest BCUT2D eigenvalue weighted by atomic mass is 10.0. The number of fused-ring (bicyclic) bond motifs is 1. The molecule has 1 unspecified atom stereocenters. The van der Waals surface area contributed by atoms with E-state index in [1.807, 2.05) is 7.05 Å². The van der Waals surface area contributed by atoms with E-state index in [9.17, 15) is 0 Å². The van der Waals surface area contributed by atoms with Crippen LogP contribution in [-0.4, -0.2) is 64.9 Å². The first-order valence-corrected chi connectivity index (χ1v) is 12.3. The molecule has 1 aromatic rings. The third-order valence-electron chi connectivity index (χ3n) is 6.64. The molecule has 30 heavy (non-hydrogen) atoms. The molecule has 7 heteroatoms. The average molecular weight is 418 g/mol. The van der Waals surface area contributed by atoms with Crippen molar-refractivity contribution >= 4 is 5.96 Å². The minimum absolute atomic E-state index is 0.563. The van der Waals surface area contributed by atoms with Crippen molar-refractivity contribution in [2.45, 2.75) is 90.6 Å². The molecule has 7 nitrogen and oxygen atoms in total. The van der Waals surface area contributed by atoms with E-state index in [1.165, 1.54) is 63.9 Å². The van der Waals surface area contributed by atoms with Crippen molar-refractivity contribution in [3.05, 3.63) is 11.6 Å². The number of aliphatic imine (C=N–C) groups is 1. The summed E-state index contributed by atoms with van der Waals surface area (Å²) in [6, 6.07) is 0.563. The fraction of sp³-hybridized carbons (Fsp3) is 0.870. The molecule has 2 aliphatic heterocycles. The number of nitrogens with zero attached hydrogens (tertiary/aromatic N) is 5. The molecule has 0 bridgehead atoms. The quantitative estimate of drug-likeness (QED) is 0.387. The maximum atomic E-state index is 4.45. The number of likely N-dealkylation sites (tertiary alicyclic amines) is 1. The van der Waals surface area contributed by atoms with E-state index in [1.54, 1.807) is 0 Å². The lowest BCUT2D eigenvalue weighted by molar-refractivity contribution is 0.161. The molecule has 0 radical (unpaired) electrons. The smallest absolute Gasteiger partial charge is 0.191 e. The first-order chi connectivity index (χ1) is 14.7. The van der Waals surface area contributed by atoms with Crippen molar-refractivity contribution in [1.82, 2.24) is 30.3 Å². The summed E-state index contributed by atoms with van der Waals surface area (Å²) in [5.74, 6) is 3.88. The minimum atomic E-state index is 0.563. The zero-order valence-electron chi connectivity index (χ0n) is 19.5. The minimum Gasteiger partial charge on any atom is -0.356 e. The van der Waals surface area contributed by atoms with Gasteiger partial charge in [-0.1, -0.05) is 33.1 Å². The molecule has 1 aromatic heterocycles. The second-order valence-corrected chi connectivity index (χ2v) is 9.24. The van der Waals surface area contributed by atoms with Gasteiger partial charge in [0.2, 0.25) is 0 Å². The van der Waals surface area contributed by atoms with Gasteiger partial charge in [0.25, 0.3) is 0 Å². The van der Waals surface area contributed by atoms with Gasteiger partial charge in [-0.2, -0.15) is 0 Å². The Balaban J connectivity index is 1.41. The van der Waals surface area contributed by atoms with Crippen LogP contribution in [0.5, 0.6) is 0 Å². The summed E-state index contributed by atoms with van der Waals surface area (Å²) < 4.78 is 2.36. The lowest BCUT2D eigenvalue weighted by Gasteiger charge is -2.34. The average Bonchev–Trinajstić information content (AvgIpc) is 2.94. The van der Waals surface area contributed by atoms with Crippen molar-refractivity contribution in [3.8, 4) is 0 Å². The van der Waals surface area contributed by atoms with Crippen LogP contribution < -0.4 is 10.6 Å². The normalized spacial score (nSPS) is 19.8. The second kappa shape index (κ2) is 12.3. The molecule has 0 aromatic carbocycles. The Bertz CT molecular complexity index is 644. The van der Waals surface area contributed by atoms with Gasteiger partial charge in [-0.05, 0) is 51.1 Å². The van der Waals surface area contributed by atoms with E-state index in [-0.39, 0.29) is 0 Å². The maximum absolute atomic E-state index is 4.45. The molecule has 0 spiro atoms. The van der Waals surface area contributed by atoms with Crippen molar-refractivity contribution in [2.24, 2.45) is 10.9 Å². The van der Waals surface area contributed by atoms with Gasteiger partial charge in [0.15, 0.2) is 5.96 Å². The number of nitrogens with one attached hydrogen (secondary N) is 2. The van der Waals surface area contributed by atoms with E-state index < -0.39 is 0 Å². The van der Waals surface area contributed by atoms with Gasteiger partial charge < -0.3 is 15.2 Å². The Morgan fingerprint density at radius 1 is 0.967 bits per heavy atom. The van der Waals surface area contributed by atoms with Gasteiger partial charge in [0.05, 0.1) is 0 Å². The first-order valence-electron chi connectivity index (χ1n) is 12.3. The SMILES string of the molecule is CN=C(NCCCc1nnc2n1CCCCC2)NCC(C(C)C)N1CCCCCC1. The van der Waals surface area contributed by atoms with Gasteiger partial charge in [-0.25, -0.2) is 0 Å². The molecular formula is C23H43N7. The van der Waals surface area contributed by atoms with Crippen LogP contribution in [0.4, 0.5) is 0 Å². The summed E-state index contributed by atoms with van der Waals surface area (Å²) in [5, 5.41) is 15.9. The Labute approximate surface area is 183 Å². The molecule has 3 heterocycles. The highest BCUT2D eigenvalue weighted by Crippen LogP contribution is 2.17. The van der Waals surface area contributed by atoms with E-state index in [0.29, 0.717) is 12.0 Å². The zero-order chi connectivity index (χ0) is 21.2. The number of hydrogen-bond donors (Lipinski definition) is 2. The fourth-order valence-corrected chi connectivity index (χ4v) is 4.82. The van der Waals surface area contributed by atoms with Crippen molar-refractivity contribution in [3.63, 3.8) is 0 Å². The van der Waals surface area contributed by atoms with Crippen LogP contribution in [0.25, 0.3) is 0 Å². The summed E-state index contributed by atoms with van der Waals surface area (Å²) >= 11 is 0. The van der Waals surface area contributed by atoms with Crippen LogP contribution in [0, 0.1) is 5.92 Å². The second-order valence-electron chi connectivity index (χ2n) is 9.24. The van der Waals surface area contributed by atoms with Gasteiger partial charge in [-0.3, -0.25) is 9.89 Å². The highest BCUT2D eigenvalue weighted by Gasteiger charge is 2.23. The summed E-state index contributed by atoms with van der Waals surface area (Å²) in [6.07, 6.45) is 12.3. The van der Waals surface area contributed by atoms with Crippen molar-refractivity contribution in [2.75, 3.05) is 33.2 Å². The van der Waals surface area contributed by atoms with Gasteiger partial charge >= 0.3 is 0 Å². The highest BCUT2D eigenvalue weighted by molar-refractivity contribution is 5.79. The number of aryl methyl sites for hydroxylation is 2. The molecule has 0 amide bonds. The Morgan fingerprint density at radius 2 is 1.70 bits per heavy atom. The molecule has 170 valence electrons. The predicted octanol–water partition coefficient (Wildman–Crippen LogP) is 3.00. The van der Waals surface area contributed by atoms with E-state index in [2.05, 4.69) is 49.1 Å². The first kappa shape index (κ1) is 23.0. The van der Waals surface area contributed by atoms with Crippen LogP contribution in [0.15, 0.2) is 4.99 Å². The molecule has 0 aliphatic carbocycles. The summed E-state index contributed by atoms with van der Waals surface area (Å²) in [7, 11) is 1.87. The molecule has 1 saturated heterocycles. The molecule has 1 fully saturated rings. The standard InChI is InChI=1S/C23H43N7/c1-19(2)20(29-15-8-4-5-9-16-29)18-26-23(24-3)25-14-11-13-22-28-27-21-12-7-6-10-17-30(21)22/h19-20H,4-18H2,1-3H3,(H2,24,25,26). The van der Waals surface area contributed by atoms with Gasteiger partial charge in [0, 0.05) is 45.6 Å². The third kappa shape index (κ3) is 6.69. The molecule has 0 saturated carbocycles. The van der Waals surface area contributed by atoms with E-state index >= 15 is 0 Å². The summed E-state index contributed by atoms with van der Waals surface area (Å²) in [4.78, 5) is 7.13. The lowest BCUT2D eigenvalue weighted by Crippen LogP contribution is -2.49. The highest BCUT2D eigenvalue weighted by atomic mass is 15.3. The van der Waals surface area contributed by atoms with Crippen LogP contribution >= 0.6 is 0 Å². The topological polar surface area (TPSA) is 70.4 Å². The van der Waals surface area contributed by atoms with E-state index in [4.69, 9.17) is 0 Å². The summed E-state index contributed by atoms with van der Waals surface area (Å²) in [6.45, 7) is 10.1. The Hall–Kier alpha value is -1.63. The van der Waals surface area contributed by atoms with Crippen LogP contribution in [0.3, 0.4) is 0 Å². The van der Waals surface area contributed by atoms with Crippen LogP contribution in [-0.2, 0) is 19.4 Å². The molecule has 1 atom stereocenters. The molecule has 2 aliphatic rings. The van der Waals surface area contributed by atoms with Gasteiger partial charge in [0.1, 0.15) is 11.6 Å². The monoisotopic (exact) mass is 417 g/mol. The Kier molecular flexibility index (Phi) is 9.43. The molecule has 2 N–H and O–H groups in total.